The third-order valence-corrected chi connectivity index (χ3v) is 0.156. The summed E-state index contributed by atoms with van der Waals surface area (Å²) in [4.78, 5) is 33.8. The first-order valence-corrected chi connectivity index (χ1v) is 2.83. The average molecular weight is 154 g/mol. The lowest BCUT2D eigenvalue weighted by Gasteiger charge is -1.76. The van der Waals surface area contributed by atoms with E-state index in [2.05, 4.69) is 17.4 Å². The zero-order valence-corrected chi connectivity index (χ0v) is 5.32. The van der Waals surface area contributed by atoms with Gasteiger partial charge in [0, 0.05) is 0 Å². The normalized spacial score (nSPS) is 7.56. The van der Waals surface area contributed by atoms with Crippen LogP contribution in [0.5, 0.6) is 0 Å². The summed E-state index contributed by atoms with van der Waals surface area (Å²) in [6.45, 7) is 2.84. The minimum atomic E-state index is -2.62. The zero-order valence-electron chi connectivity index (χ0n) is 4.43. The van der Waals surface area contributed by atoms with Gasteiger partial charge in [-0.3, -0.25) is 0 Å². The van der Waals surface area contributed by atoms with Gasteiger partial charge in [0.1, 0.15) is 0 Å². The van der Waals surface area contributed by atoms with Crippen LogP contribution in [-0.4, -0.2) is 27.4 Å². The van der Waals surface area contributed by atoms with Gasteiger partial charge in [-0.05, 0) is 6.72 Å². The summed E-state index contributed by atoms with van der Waals surface area (Å²) >= 11 is 0. The van der Waals surface area contributed by atoms with Crippen molar-refractivity contribution >= 4 is 21.4 Å². The Hall–Kier alpha value is -0.550. The molecule has 0 unspecified atom stereocenters. The molecule has 6 nitrogen and oxygen atoms in total. The molecule has 7 heteroatoms. The average Bonchev–Trinajstić information content (AvgIpc) is 1.65. The van der Waals surface area contributed by atoms with Crippen LogP contribution in [0, 0.1) is 0 Å². The number of hydrogen-bond donors (Lipinski definition) is 4. The first-order valence-electron chi connectivity index (χ1n) is 1.63. The summed E-state index contributed by atoms with van der Waals surface area (Å²) in [5.74, 6) is 0. The van der Waals surface area contributed by atoms with Crippen molar-refractivity contribution in [3.63, 3.8) is 0 Å². The minimum absolute atomic E-state index is 0.731. The summed E-state index contributed by atoms with van der Waals surface area (Å²) in [6, 6.07) is -0.731. The Bertz CT molecular complexity index is 91.8. The monoisotopic (exact) mass is 154 g/mol. The number of urea groups is 1. The maximum Gasteiger partial charge on any atom is 0.337 e. The summed E-state index contributed by atoms with van der Waals surface area (Å²) in [5, 5.41) is 0. The highest BCUT2D eigenvalue weighted by atomic mass is 31.2. The van der Waals surface area contributed by atoms with E-state index in [4.69, 9.17) is 14.7 Å². The molecular formula is C2H7N2O4P. The van der Waals surface area contributed by atoms with Gasteiger partial charge in [0.2, 0.25) is 0 Å². The van der Waals surface area contributed by atoms with E-state index in [1.807, 2.05) is 0 Å². The van der Waals surface area contributed by atoms with E-state index < -0.39 is 14.6 Å². The quantitative estimate of drug-likeness (QED) is 0.263. The Morgan fingerprint density at radius 1 is 1.56 bits per heavy atom. The fourth-order valence-corrected chi connectivity index (χ4v) is 0. The lowest BCUT2D eigenvalue weighted by molar-refractivity contribution is 0.257. The van der Waals surface area contributed by atoms with E-state index >= 15 is 0 Å². The van der Waals surface area contributed by atoms with E-state index in [-0.39, 0.29) is 0 Å². The predicted molar refractivity (Wildman–Crippen MR) is 32.7 cm³/mol. The van der Waals surface area contributed by atoms with Crippen LogP contribution in [0.15, 0.2) is 4.99 Å². The van der Waals surface area contributed by atoms with Crippen LogP contribution in [0.3, 0.4) is 0 Å². The molecular weight excluding hydrogens is 147 g/mol. The van der Waals surface area contributed by atoms with Crippen molar-refractivity contribution in [1.82, 2.24) is 0 Å². The maximum absolute atomic E-state index is 9.36. The van der Waals surface area contributed by atoms with Crippen molar-refractivity contribution in [3.05, 3.63) is 0 Å². The second kappa shape index (κ2) is 7.45. The molecule has 0 fully saturated rings. The van der Waals surface area contributed by atoms with Crippen LogP contribution in [0.4, 0.5) is 4.79 Å². The van der Waals surface area contributed by atoms with Crippen LogP contribution >= 0.6 is 8.60 Å². The summed E-state index contributed by atoms with van der Waals surface area (Å²) in [7, 11) is -2.62. The number of rotatable bonds is 0. The maximum atomic E-state index is 9.36. The molecule has 0 aromatic carbocycles. The molecule has 0 rings (SSSR count). The van der Waals surface area contributed by atoms with Crippen LogP contribution in [0.1, 0.15) is 0 Å². The lowest BCUT2D eigenvalue weighted by atomic mass is 11.1. The molecule has 2 amide bonds. The van der Waals surface area contributed by atoms with Gasteiger partial charge in [0.25, 0.3) is 0 Å². The molecule has 0 aromatic heterocycles. The third-order valence-electron chi connectivity index (χ3n) is 0.156. The highest BCUT2D eigenvalue weighted by Gasteiger charge is 1.76. The van der Waals surface area contributed by atoms with Gasteiger partial charge in [-0.15, -0.1) is 0 Å². The fraction of sp³-hybridized carbons (Fsp3) is 0. The molecule has 0 atom stereocenters. The van der Waals surface area contributed by atoms with Crippen LogP contribution in [-0.2, 0) is 0 Å². The molecule has 0 aliphatic carbocycles. The SMILES string of the molecule is C=NC(N)=O.OP(O)O. The number of carbonyl (C=O) groups is 1. The van der Waals surface area contributed by atoms with E-state index in [0.29, 0.717) is 0 Å². The summed E-state index contributed by atoms with van der Waals surface area (Å²) in [6.07, 6.45) is 0. The van der Waals surface area contributed by atoms with Crippen LogP contribution in [0.25, 0.3) is 0 Å². The predicted octanol–water partition coefficient (Wildman–Crippen LogP) is -1.04. The number of nitrogens with two attached hydrogens (primary N) is 1. The molecule has 0 radical (unpaired) electrons. The van der Waals surface area contributed by atoms with Crippen molar-refractivity contribution in [1.29, 1.82) is 0 Å². The van der Waals surface area contributed by atoms with Crippen molar-refractivity contribution in [2.24, 2.45) is 10.7 Å². The molecule has 0 spiro atoms. The smallest absolute Gasteiger partial charge is 0.337 e. The molecule has 0 saturated carbocycles. The highest BCUT2D eigenvalue weighted by Crippen LogP contribution is 2.11. The van der Waals surface area contributed by atoms with Crippen molar-refractivity contribution in [2.45, 2.75) is 0 Å². The number of aliphatic imine (C=N–C) groups is 1. The first kappa shape index (κ1) is 11.3. The Balaban J connectivity index is 0. The largest absolute Gasteiger partial charge is 0.350 e. The van der Waals surface area contributed by atoms with Gasteiger partial charge in [-0.1, -0.05) is 0 Å². The summed E-state index contributed by atoms with van der Waals surface area (Å²) in [5.41, 5.74) is 4.42. The van der Waals surface area contributed by atoms with E-state index in [0.717, 1.165) is 0 Å². The molecule has 0 saturated heterocycles. The molecule has 0 heterocycles. The summed E-state index contributed by atoms with van der Waals surface area (Å²) < 4.78 is 0. The highest BCUT2D eigenvalue weighted by molar-refractivity contribution is 7.38. The minimum Gasteiger partial charge on any atom is -0.350 e. The van der Waals surface area contributed by atoms with E-state index in [9.17, 15) is 4.79 Å². The Morgan fingerprint density at radius 3 is 1.67 bits per heavy atom. The fourth-order valence-electron chi connectivity index (χ4n) is 0. The Morgan fingerprint density at radius 2 is 1.67 bits per heavy atom. The molecule has 0 aliphatic heterocycles. The number of nitrogens with zero attached hydrogens (tertiary/aromatic N) is 1. The van der Waals surface area contributed by atoms with Gasteiger partial charge in [-0.2, -0.15) is 0 Å². The molecule has 0 bridgehead atoms. The molecule has 0 aromatic rings. The number of hydrogen-bond acceptors (Lipinski definition) is 4. The van der Waals surface area contributed by atoms with Gasteiger partial charge in [0.05, 0.1) is 0 Å². The standard InChI is InChI=1S/C2H4N2O.H3O3P/c1-4-2(3)5;1-4(2)3/h1H2,(H2,3,5);1-3H. The molecule has 5 N–H and O–H groups in total. The third kappa shape index (κ3) is 105. The molecule has 9 heavy (non-hydrogen) atoms. The topological polar surface area (TPSA) is 116 Å². The zero-order chi connectivity index (χ0) is 7.86. The number of amides is 2. The van der Waals surface area contributed by atoms with Gasteiger partial charge in [0.15, 0.2) is 0 Å². The number of carbonyl (C=O) groups excluding carboxylic acids is 1. The molecule has 54 valence electrons. The van der Waals surface area contributed by atoms with Gasteiger partial charge < -0.3 is 20.4 Å². The molecule has 0 aliphatic rings. The van der Waals surface area contributed by atoms with Crippen molar-refractivity contribution in [3.8, 4) is 0 Å². The second-order valence-electron chi connectivity index (χ2n) is 0.765. The van der Waals surface area contributed by atoms with Crippen LogP contribution in [0.2, 0.25) is 0 Å². The van der Waals surface area contributed by atoms with E-state index in [1.54, 1.807) is 0 Å². The van der Waals surface area contributed by atoms with Crippen molar-refractivity contribution in [2.75, 3.05) is 0 Å². The first-order chi connectivity index (χ1) is 4.00. The second-order valence-corrected chi connectivity index (χ2v) is 1.30. The van der Waals surface area contributed by atoms with Crippen LogP contribution < -0.4 is 5.73 Å². The van der Waals surface area contributed by atoms with Gasteiger partial charge >= 0.3 is 14.6 Å². The van der Waals surface area contributed by atoms with Crippen molar-refractivity contribution < 1.29 is 19.5 Å². The Kier molecular flexibility index (Phi) is 9.33. The lowest BCUT2D eigenvalue weighted by Crippen LogP contribution is -2.01. The number of primary amides is 1. The Labute approximate surface area is 52.6 Å². The van der Waals surface area contributed by atoms with Gasteiger partial charge in [-0.25, -0.2) is 9.79 Å². The van der Waals surface area contributed by atoms with E-state index in [1.165, 1.54) is 0 Å².